The van der Waals surface area contributed by atoms with Crippen molar-refractivity contribution >= 4 is 11.1 Å². The third kappa shape index (κ3) is 3.61. The minimum atomic E-state index is 0.931. The van der Waals surface area contributed by atoms with Crippen LogP contribution in [-0.2, 0) is 12.8 Å². The summed E-state index contributed by atoms with van der Waals surface area (Å²) in [6, 6.07) is 8.72. The fourth-order valence-corrected chi connectivity index (χ4v) is 3.45. The van der Waals surface area contributed by atoms with Gasteiger partial charge in [0, 0.05) is 12.4 Å². The standard InChI is InChI=1S/C22H25N/c1-16(20-8-6-12-23-15-20)10-11-17(2)21-13-18(3)22-9-5-4-7-19(22)14-21/h6,8,12-15H,1-2,4-5,7,9-11H2,3H3. The minimum Gasteiger partial charge on any atom is -0.264 e. The van der Waals surface area contributed by atoms with Crippen LogP contribution in [0.4, 0.5) is 0 Å². The Morgan fingerprint density at radius 3 is 2.52 bits per heavy atom. The highest BCUT2D eigenvalue weighted by Gasteiger charge is 2.13. The Morgan fingerprint density at radius 2 is 1.78 bits per heavy atom. The first-order chi connectivity index (χ1) is 11.1. The summed E-state index contributed by atoms with van der Waals surface area (Å²) in [5.41, 5.74) is 9.33. The third-order valence-corrected chi connectivity index (χ3v) is 4.89. The molecule has 1 aliphatic carbocycles. The lowest BCUT2D eigenvalue weighted by Gasteiger charge is -2.20. The molecule has 0 saturated heterocycles. The molecule has 1 aliphatic rings. The van der Waals surface area contributed by atoms with Gasteiger partial charge in [0.25, 0.3) is 0 Å². The Labute approximate surface area is 139 Å². The molecule has 0 spiro atoms. The van der Waals surface area contributed by atoms with Crippen LogP contribution in [0.3, 0.4) is 0 Å². The van der Waals surface area contributed by atoms with Crippen molar-refractivity contribution in [2.75, 3.05) is 0 Å². The Balaban J connectivity index is 1.69. The summed E-state index contributed by atoms with van der Waals surface area (Å²) in [4.78, 5) is 4.17. The van der Waals surface area contributed by atoms with Gasteiger partial charge in [-0.2, -0.15) is 0 Å². The van der Waals surface area contributed by atoms with Gasteiger partial charge in [0.2, 0.25) is 0 Å². The van der Waals surface area contributed by atoms with Crippen LogP contribution in [0.2, 0.25) is 0 Å². The normalized spacial score (nSPS) is 13.4. The number of hydrogen-bond acceptors (Lipinski definition) is 1. The minimum absolute atomic E-state index is 0.931. The van der Waals surface area contributed by atoms with E-state index in [1.165, 1.54) is 42.4 Å². The van der Waals surface area contributed by atoms with Gasteiger partial charge in [-0.15, -0.1) is 0 Å². The molecular weight excluding hydrogens is 278 g/mol. The van der Waals surface area contributed by atoms with E-state index in [0.717, 1.165) is 24.0 Å². The maximum absolute atomic E-state index is 4.32. The zero-order valence-corrected chi connectivity index (χ0v) is 14.1. The molecule has 1 aromatic heterocycles. The number of fused-ring (bicyclic) bond motifs is 1. The van der Waals surface area contributed by atoms with Crippen LogP contribution in [0.15, 0.2) is 49.8 Å². The number of aromatic nitrogens is 1. The summed E-state index contributed by atoms with van der Waals surface area (Å²) < 4.78 is 0. The van der Waals surface area contributed by atoms with E-state index in [0.29, 0.717) is 0 Å². The van der Waals surface area contributed by atoms with Gasteiger partial charge < -0.3 is 0 Å². The lowest BCUT2D eigenvalue weighted by molar-refractivity contribution is 0.681. The third-order valence-electron chi connectivity index (χ3n) is 4.89. The predicted molar refractivity (Wildman–Crippen MR) is 99.4 cm³/mol. The van der Waals surface area contributed by atoms with Crippen molar-refractivity contribution < 1.29 is 0 Å². The number of pyridine rings is 1. The van der Waals surface area contributed by atoms with Crippen molar-refractivity contribution in [3.05, 3.63) is 77.6 Å². The maximum Gasteiger partial charge on any atom is 0.0342 e. The first kappa shape index (κ1) is 15.7. The van der Waals surface area contributed by atoms with Gasteiger partial charge in [-0.25, -0.2) is 0 Å². The SMILES string of the molecule is C=C(CCC(=C)c1cc(C)c2c(c1)CCCC2)c1cccnc1. The molecule has 0 fully saturated rings. The second-order valence-electron chi connectivity index (χ2n) is 6.59. The van der Waals surface area contributed by atoms with Crippen LogP contribution in [0.1, 0.15) is 53.5 Å². The molecule has 3 rings (SSSR count). The highest BCUT2D eigenvalue weighted by molar-refractivity contribution is 5.69. The van der Waals surface area contributed by atoms with E-state index in [9.17, 15) is 0 Å². The van der Waals surface area contributed by atoms with E-state index < -0.39 is 0 Å². The molecule has 0 amide bonds. The van der Waals surface area contributed by atoms with Gasteiger partial charge in [0.05, 0.1) is 0 Å². The molecule has 0 atom stereocenters. The zero-order valence-electron chi connectivity index (χ0n) is 14.1. The van der Waals surface area contributed by atoms with Crippen LogP contribution in [0.25, 0.3) is 11.1 Å². The van der Waals surface area contributed by atoms with Gasteiger partial charge in [0.1, 0.15) is 0 Å². The second kappa shape index (κ2) is 6.95. The quantitative estimate of drug-likeness (QED) is 0.682. The monoisotopic (exact) mass is 303 g/mol. The largest absolute Gasteiger partial charge is 0.264 e. The van der Waals surface area contributed by atoms with Crippen LogP contribution in [0, 0.1) is 6.92 Å². The van der Waals surface area contributed by atoms with Crippen molar-refractivity contribution in [3.63, 3.8) is 0 Å². The molecule has 0 saturated carbocycles. The predicted octanol–water partition coefficient (Wildman–Crippen LogP) is 5.78. The molecular formula is C22H25N. The van der Waals surface area contributed by atoms with Crippen molar-refractivity contribution in [2.45, 2.75) is 45.4 Å². The summed E-state index contributed by atoms with van der Waals surface area (Å²) >= 11 is 0. The van der Waals surface area contributed by atoms with Crippen LogP contribution < -0.4 is 0 Å². The Kier molecular flexibility index (Phi) is 4.76. The second-order valence-corrected chi connectivity index (χ2v) is 6.59. The van der Waals surface area contributed by atoms with E-state index in [1.807, 2.05) is 12.3 Å². The van der Waals surface area contributed by atoms with Crippen molar-refractivity contribution in [2.24, 2.45) is 0 Å². The zero-order chi connectivity index (χ0) is 16.2. The molecule has 0 bridgehead atoms. The molecule has 0 aliphatic heterocycles. The van der Waals surface area contributed by atoms with Crippen molar-refractivity contribution in [1.82, 2.24) is 4.98 Å². The summed E-state index contributed by atoms with van der Waals surface area (Å²) in [6.07, 6.45) is 10.7. The van der Waals surface area contributed by atoms with Gasteiger partial charge in [-0.3, -0.25) is 4.98 Å². The lowest BCUT2D eigenvalue weighted by atomic mass is 9.85. The van der Waals surface area contributed by atoms with Crippen LogP contribution in [-0.4, -0.2) is 4.98 Å². The topological polar surface area (TPSA) is 12.9 Å². The fourth-order valence-electron chi connectivity index (χ4n) is 3.45. The number of nitrogens with zero attached hydrogens (tertiary/aromatic N) is 1. The van der Waals surface area contributed by atoms with E-state index in [1.54, 1.807) is 17.3 Å². The lowest BCUT2D eigenvalue weighted by Crippen LogP contribution is -2.05. The molecule has 0 radical (unpaired) electrons. The van der Waals surface area contributed by atoms with Crippen LogP contribution >= 0.6 is 0 Å². The molecule has 1 aromatic carbocycles. The molecule has 0 unspecified atom stereocenters. The maximum atomic E-state index is 4.32. The average Bonchev–Trinajstić information content (AvgIpc) is 2.60. The highest BCUT2D eigenvalue weighted by Crippen LogP contribution is 2.30. The molecule has 118 valence electrons. The fraction of sp³-hybridized carbons (Fsp3) is 0.318. The number of allylic oxidation sites excluding steroid dienone is 2. The van der Waals surface area contributed by atoms with Gasteiger partial charge in [-0.05, 0) is 90.5 Å². The van der Waals surface area contributed by atoms with Crippen LogP contribution in [0.5, 0.6) is 0 Å². The van der Waals surface area contributed by atoms with E-state index in [4.69, 9.17) is 0 Å². The summed E-state index contributed by atoms with van der Waals surface area (Å²) in [5.74, 6) is 0. The molecule has 0 N–H and O–H groups in total. The van der Waals surface area contributed by atoms with Gasteiger partial charge in [0.15, 0.2) is 0 Å². The number of hydrogen-bond donors (Lipinski definition) is 0. The molecule has 1 nitrogen and oxygen atoms in total. The number of aryl methyl sites for hydroxylation is 2. The number of rotatable bonds is 5. The van der Waals surface area contributed by atoms with E-state index >= 15 is 0 Å². The highest BCUT2D eigenvalue weighted by atomic mass is 14.6. The van der Waals surface area contributed by atoms with Crippen molar-refractivity contribution in [1.29, 1.82) is 0 Å². The molecule has 1 heterocycles. The van der Waals surface area contributed by atoms with E-state index in [-0.39, 0.29) is 0 Å². The average molecular weight is 303 g/mol. The first-order valence-corrected chi connectivity index (χ1v) is 8.54. The molecule has 2 aromatic rings. The van der Waals surface area contributed by atoms with Gasteiger partial charge >= 0.3 is 0 Å². The summed E-state index contributed by atoms with van der Waals surface area (Å²) in [7, 11) is 0. The Morgan fingerprint density at radius 1 is 1.04 bits per heavy atom. The smallest absolute Gasteiger partial charge is 0.0342 e. The van der Waals surface area contributed by atoms with Crippen molar-refractivity contribution in [3.8, 4) is 0 Å². The summed E-state index contributed by atoms with van der Waals surface area (Å²) in [5, 5.41) is 0. The van der Waals surface area contributed by atoms with E-state index in [2.05, 4.69) is 43.3 Å². The molecule has 23 heavy (non-hydrogen) atoms. The Bertz CT molecular complexity index is 725. The summed E-state index contributed by atoms with van der Waals surface area (Å²) in [6.45, 7) is 10.8. The number of benzene rings is 1. The van der Waals surface area contributed by atoms with Gasteiger partial charge in [-0.1, -0.05) is 31.4 Å². The molecule has 1 heteroatoms. The Hall–Kier alpha value is -2.15. The first-order valence-electron chi connectivity index (χ1n) is 8.54.